The fraction of sp³-hybridized carbons (Fsp3) is 0.143. The van der Waals surface area contributed by atoms with E-state index in [2.05, 4.69) is 9.44 Å². The van der Waals surface area contributed by atoms with Crippen LogP contribution in [0.15, 0.2) is 47.4 Å². The van der Waals surface area contributed by atoms with E-state index in [1.54, 1.807) is 12.1 Å². The van der Waals surface area contributed by atoms with E-state index < -0.39 is 20.0 Å². The van der Waals surface area contributed by atoms with Gasteiger partial charge in [0.2, 0.25) is 10.0 Å². The minimum Gasteiger partial charge on any atom is -0.284 e. The summed E-state index contributed by atoms with van der Waals surface area (Å²) in [5.74, 6) is 0. The highest BCUT2D eigenvalue weighted by Crippen LogP contribution is 2.25. The molecule has 0 spiro atoms. The zero-order valence-corrected chi connectivity index (χ0v) is 14.8. The fourth-order valence-electron chi connectivity index (χ4n) is 1.85. The van der Waals surface area contributed by atoms with Crippen LogP contribution in [0.2, 0.25) is 5.02 Å². The summed E-state index contributed by atoms with van der Waals surface area (Å²) in [6.07, 6.45) is 1.03. The molecule has 0 heterocycles. The lowest BCUT2D eigenvalue weighted by Gasteiger charge is -2.11. The van der Waals surface area contributed by atoms with Crippen molar-refractivity contribution in [3.63, 3.8) is 0 Å². The quantitative estimate of drug-likeness (QED) is 0.841. The lowest BCUT2D eigenvalue weighted by Crippen LogP contribution is -2.14. The van der Waals surface area contributed by atoms with E-state index in [0.717, 1.165) is 11.8 Å². The number of anilines is 2. The third-order valence-corrected chi connectivity index (χ3v) is 5.29. The number of benzene rings is 2. The van der Waals surface area contributed by atoms with Crippen molar-refractivity contribution in [1.82, 2.24) is 0 Å². The maximum absolute atomic E-state index is 12.3. The zero-order valence-electron chi connectivity index (χ0n) is 12.4. The Hall–Kier alpha value is -1.77. The van der Waals surface area contributed by atoms with Crippen LogP contribution in [0.5, 0.6) is 0 Å². The molecular weight excluding hydrogens is 360 g/mol. The van der Waals surface area contributed by atoms with Gasteiger partial charge in [0.1, 0.15) is 4.90 Å². The molecule has 23 heavy (non-hydrogen) atoms. The number of halogens is 1. The summed E-state index contributed by atoms with van der Waals surface area (Å²) in [5.41, 5.74) is 1.48. The summed E-state index contributed by atoms with van der Waals surface area (Å²) in [7, 11) is -7.21. The first-order valence-electron chi connectivity index (χ1n) is 6.44. The second-order valence-corrected chi connectivity index (χ2v) is 8.80. The number of hydrogen-bond acceptors (Lipinski definition) is 4. The van der Waals surface area contributed by atoms with Crippen LogP contribution in [0.3, 0.4) is 0 Å². The van der Waals surface area contributed by atoms with Gasteiger partial charge in [-0.05, 0) is 48.9 Å². The van der Waals surface area contributed by atoms with Crippen LogP contribution < -0.4 is 9.44 Å². The van der Waals surface area contributed by atoms with E-state index in [9.17, 15) is 16.8 Å². The normalized spacial score (nSPS) is 12.0. The Labute approximate surface area is 140 Å². The summed E-state index contributed by atoms with van der Waals surface area (Å²) >= 11 is 5.98. The summed E-state index contributed by atoms with van der Waals surface area (Å²) in [6, 6.07) is 10.5. The SMILES string of the molecule is Cc1ccc(S(=O)(=O)Nc2ccc(NS(C)(=O)=O)cc2)c(Cl)c1. The van der Waals surface area contributed by atoms with Gasteiger partial charge in [-0.25, -0.2) is 16.8 Å². The summed E-state index contributed by atoms with van der Waals surface area (Å²) < 4.78 is 51.6. The molecule has 0 saturated carbocycles. The minimum atomic E-state index is -3.83. The van der Waals surface area contributed by atoms with Gasteiger partial charge in [-0.2, -0.15) is 0 Å². The topological polar surface area (TPSA) is 92.3 Å². The van der Waals surface area contributed by atoms with Crippen molar-refractivity contribution < 1.29 is 16.8 Å². The maximum atomic E-state index is 12.3. The molecule has 2 aromatic carbocycles. The molecular formula is C14H15ClN2O4S2. The van der Waals surface area contributed by atoms with Crippen molar-refractivity contribution in [1.29, 1.82) is 0 Å². The van der Waals surface area contributed by atoms with Crippen LogP contribution in [-0.2, 0) is 20.0 Å². The van der Waals surface area contributed by atoms with Crippen molar-refractivity contribution in [3.05, 3.63) is 53.1 Å². The number of rotatable bonds is 5. The number of hydrogen-bond donors (Lipinski definition) is 2. The number of aryl methyl sites for hydroxylation is 1. The van der Waals surface area contributed by atoms with Gasteiger partial charge in [-0.1, -0.05) is 17.7 Å². The Kier molecular flexibility index (Phi) is 4.88. The molecule has 0 unspecified atom stereocenters. The highest BCUT2D eigenvalue weighted by molar-refractivity contribution is 7.93. The highest BCUT2D eigenvalue weighted by atomic mass is 35.5. The van der Waals surface area contributed by atoms with Crippen LogP contribution >= 0.6 is 11.6 Å². The third kappa shape index (κ3) is 4.85. The van der Waals surface area contributed by atoms with Crippen LogP contribution in [0.25, 0.3) is 0 Å². The van der Waals surface area contributed by atoms with Crippen molar-refractivity contribution in [2.45, 2.75) is 11.8 Å². The minimum absolute atomic E-state index is 0.0249. The van der Waals surface area contributed by atoms with E-state index in [1.807, 2.05) is 6.92 Å². The molecule has 2 N–H and O–H groups in total. The van der Waals surface area contributed by atoms with Crippen LogP contribution in [0.4, 0.5) is 11.4 Å². The van der Waals surface area contributed by atoms with Gasteiger partial charge < -0.3 is 0 Å². The van der Waals surface area contributed by atoms with Crippen LogP contribution in [0.1, 0.15) is 5.56 Å². The van der Waals surface area contributed by atoms with Gasteiger partial charge in [-0.3, -0.25) is 9.44 Å². The average molecular weight is 375 g/mol. The fourth-order valence-corrected chi connectivity index (χ4v) is 4.08. The third-order valence-electron chi connectivity index (χ3n) is 2.82. The molecule has 2 aromatic rings. The van der Waals surface area contributed by atoms with E-state index in [-0.39, 0.29) is 9.92 Å². The van der Waals surface area contributed by atoms with Gasteiger partial charge in [0.25, 0.3) is 10.0 Å². The van der Waals surface area contributed by atoms with Crippen molar-refractivity contribution in [3.8, 4) is 0 Å². The molecule has 0 aliphatic carbocycles. The summed E-state index contributed by atoms with van der Waals surface area (Å²) in [5, 5.41) is 0.132. The molecule has 6 nitrogen and oxygen atoms in total. The molecule has 0 saturated heterocycles. The first kappa shape index (κ1) is 17.6. The molecule has 2 rings (SSSR count). The van der Waals surface area contributed by atoms with E-state index in [0.29, 0.717) is 11.4 Å². The molecule has 0 radical (unpaired) electrons. The molecule has 0 atom stereocenters. The predicted octanol–water partition coefficient (Wildman–Crippen LogP) is 2.82. The Morgan fingerprint density at radius 2 is 1.39 bits per heavy atom. The number of nitrogens with one attached hydrogen (secondary N) is 2. The molecule has 124 valence electrons. The molecule has 9 heteroatoms. The summed E-state index contributed by atoms with van der Waals surface area (Å²) in [4.78, 5) is -0.0249. The lowest BCUT2D eigenvalue weighted by molar-refractivity contribution is 0.600. The van der Waals surface area contributed by atoms with Gasteiger partial charge in [0.05, 0.1) is 11.3 Å². The first-order valence-corrected chi connectivity index (χ1v) is 10.2. The predicted molar refractivity (Wildman–Crippen MR) is 91.9 cm³/mol. The largest absolute Gasteiger partial charge is 0.284 e. The molecule has 0 aromatic heterocycles. The molecule has 0 bridgehead atoms. The standard InChI is InChI=1S/C14H15ClN2O4S2/c1-10-3-8-14(13(15)9-10)23(20,21)17-12-6-4-11(5-7-12)16-22(2,18)19/h3-9,16-17H,1-2H3. The Bertz CT molecular complexity index is 924. The van der Waals surface area contributed by atoms with Crippen LogP contribution in [-0.4, -0.2) is 23.1 Å². The zero-order chi connectivity index (χ0) is 17.3. The Balaban J connectivity index is 2.24. The molecule has 0 aliphatic rings. The maximum Gasteiger partial charge on any atom is 0.263 e. The van der Waals surface area contributed by atoms with E-state index >= 15 is 0 Å². The smallest absolute Gasteiger partial charge is 0.263 e. The van der Waals surface area contributed by atoms with Crippen molar-refractivity contribution >= 4 is 43.0 Å². The first-order chi connectivity index (χ1) is 10.6. The van der Waals surface area contributed by atoms with Gasteiger partial charge >= 0.3 is 0 Å². The number of sulfonamides is 2. The monoisotopic (exact) mass is 374 g/mol. The van der Waals surface area contributed by atoms with Gasteiger partial charge in [0, 0.05) is 11.4 Å². The molecule has 0 fully saturated rings. The van der Waals surface area contributed by atoms with Crippen molar-refractivity contribution in [2.24, 2.45) is 0 Å². The second kappa shape index (κ2) is 6.38. The summed E-state index contributed by atoms with van der Waals surface area (Å²) in [6.45, 7) is 1.81. The van der Waals surface area contributed by atoms with E-state index in [4.69, 9.17) is 11.6 Å². The van der Waals surface area contributed by atoms with Gasteiger partial charge in [0.15, 0.2) is 0 Å². The Morgan fingerprint density at radius 1 is 0.870 bits per heavy atom. The van der Waals surface area contributed by atoms with E-state index in [1.165, 1.54) is 30.3 Å². The van der Waals surface area contributed by atoms with Crippen LogP contribution in [0, 0.1) is 6.92 Å². The van der Waals surface area contributed by atoms with Gasteiger partial charge in [-0.15, -0.1) is 0 Å². The highest BCUT2D eigenvalue weighted by Gasteiger charge is 2.18. The average Bonchev–Trinajstić information content (AvgIpc) is 2.38. The second-order valence-electron chi connectivity index (χ2n) is 4.99. The molecule has 0 amide bonds. The Morgan fingerprint density at radius 3 is 1.87 bits per heavy atom. The molecule has 0 aliphatic heterocycles. The van der Waals surface area contributed by atoms with Crippen molar-refractivity contribution in [2.75, 3.05) is 15.7 Å². The lowest BCUT2D eigenvalue weighted by atomic mass is 10.2.